The van der Waals surface area contributed by atoms with Gasteiger partial charge in [0.15, 0.2) is 0 Å². The predicted molar refractivity (Wildman–Crippen MR) is 110 cm³/mol. The van der Waals surface area contributed by atoms with E-state index in [2.05, 4.69) is 30.5 Å². The maximum Gasteiger partial charge on any atom is 0.242 e. The van der Waals surface area contributed by atoms with Crippen LogP contribution in [0.4, 0.5) is 0 Å². The molecule has 3 rings (SSSR count). The molecule has 5 heteroatoms. The summed E-state index contributed by atoms with van der Waals surface area (Å²) in [6.07, 6.45) is 2.19. The first kappa shape index (κ1) is 19.6. The third-order valence-electron chi connectivity index (χ3n) is 5.29. The molecule has 0 saturated carbocycles. The van der Waals surface area contributed by atoms with Gasteiger partial charge in [-0.25, -0.2) is 0 Å². The van der Waals surface area contributed by atoms with Crippen LogP contribution >= 0.6 is 11.3 Å². The molecule has 0 fully saturated rings. The van der Waals surface area contributed by atoms with E-state index in [0.717, 1.165) is 12.8 Å². The zero-order valence-corrected chi connectivity index (χ0v) is 17.2. The Morgan fingerprint density at radius 2 is 1.96 bits per heavy atom. The molecule has 2 aromatic rings. The number of hydrogen-bond donors (Lipinski definition) is 0. The second kappa shape index (κ2) is 8.70. The lowest BCUT2D eigenvalue weighted by molar-refractivity contribution is -0.141. The Kier molecular flexibility index (Phi) is 6.32. The molecule has 0 radical (unpaired) electrons. The van der Waals surface area contributed by atoms with Crippen LogP contribution in [-0.4, -0.2) is 41.2 Å². The third-order valence-corrected chi connectivity index (χ3v) is 6.29. The number of carbonyl (C=O) groups is 2. The van der Waals surface area contributed by atoms with Crippen molar-refractivity contribution in [2.45, 2.75) is 46.1 Å². The van der Waals surface area contributed by atoms with Gasteiger partial charge in [0.25, 0.3) is 0 Å². The Morgan fingerprint density at radius 1 is 1.19 bits per heavy atom. The highest BCUT2D eigenvalue weighted by Gasteiger charge is 2.34. The first-order valence-electron chi connectivity index (χ1n) is 9.75. The monoisotopic (exact) mass is 384 g/mol. The first-order valence-corrected chi connectivity index (χ1v) is 10.6. The van der Waals surface area contributed by atoms with Crippen molar-refractivity contribution in [3.8, 4) is 0 Å². The second-order valence-electron chi connectivity index (χ2n) is 7.05. The van der Waals surface area contributed by atoms with Crippen LogP contribution in [0.3, 0.4) is 0 Å². The summed E-state index contributed by atoms with van der Waals surface area (Å²) < 4.78 is 0. The van der Waals surface area contributed by atoms with Crippen molar-refractivity contribution in [1.29, 1.82) is 0 Å². The number of thiophene rings is 1. The van der Waals surface area contributed by atoms with Crippen molar-refractivity contribution in [1.82, 2.24) is 9.80 Å². The van der Waals surface area contributed by atoms with Gasteiger partial charge in [0, 0.05) is 24.4 Å². The minimum atomic E-state index is -0.0614. The lowest BCUT2D eigenvalue weighted by Gasteiger charge is -2.38. The van der Waals surface area contributed by atoms with E-state index >= 15 is 0 Å². The summed E-state index contributed by atoms with van der Waals surface area (Å²) in [5.74, 6) is 0.0976. The van der Waals surface area contributed by atoms with Gasteiger partial charge in [-0.1, -0.05) is 31.2 Å². The van der Waals surface area contributed by atoms with Crippen LogP contribution in [0.25, 0.3) is 0 Å². The van der Waals surface area contributed by atoms with Crippen LogP contribution in [0.5, 0.6) is 0 Å². The van der Waals surface area contributed by atoms with Gasteiger partial charge in [-0.2, -0.15) is 0 Å². The molecule has 2 heterocycles. The zero-order chi connectivity index (χ0) is 19.4. The lowest BCUT2D eigenvalue weighted by Crippen LogP contribution is -2.46. The molecule has 0 saturated heterocycles. The molecule has 0 aliphatic carbocycles. The van der Waals surface area contributed by atoms with Crippen molar-refractivity contribution in [2.24, 2.45) is 0 Å². The number of hydrogen-bond acceptors (Lipinski definition) is 3. The first-order chi connectivity index (χ1) is 13.1. The number of likely N-dealkylation sites (N-methyl/N-ethyl adjacent to an activating group) is 1. The Morgan fingerprint density at radius 3 is 2.67 bits per heavy atom. The standard InChI is InChI=1S/C22H28N2O2S/c1-4-8-20(25)23(5-2)15-21(26)24-13-11-19-18(12-14-27-19)22(24)17-10-7-6-9-16(17)3/h6-7,9-10,12,14,22H,4-5,8,11,13,15H2,1-3H3. The fraction of sp³-hybridized carbons (Fsp3) is 0.455. The molecule has 0 N–H and O–H groups in total. The minimum Gasteiger partial charge on any atom is -0.334 e. The van der Waals surface area contributed by atoms with E-state index in [1.807, 2.05) is 30.9 Å². The van der Waals surface area contributed by atoms with E-state index in [1.165, 1.54) is 21.6 Å². The van der Waals surface area contributed by atoms with Crippen molar-refractivity contribution in [3.63, 3.8) is 0 Å². The van der Waals surface area contributed by atoms with Crippen molar-refractivity contribution in [3.05, 3.63) is 57.3 Å². The van der Waals surface area contributed by atoms with Crippen molar-refractivity contribution in [2.75, 3.05) is 19.6 Å². The Hall–Kier alpha value is -2.14. The third kappa shape index (κ3) is 4.08. The highest BCUT2D eigenvalue weighted by atomic mass is 32.1. The van der Waals surface area contributed by atoms with Crippen LogP contribution in [0.1, 0.15) is 54.3 Å². The summed E-state index contributed by atoms with van der Waals surface area (Å²) in [4.78, 5) is 30.6. The average molecular weight is 385 g/mol. The second-order valence-corrected chi connectivity index (χ2v) is 8.05. The van der Waals surface area contributed by atoms with Gasteiger partial charge in [0.2, 0.25) is 11.8 Å². The Labute approximate surface area is 165 Å². The van der Waals surface area contributed by atoms with E-state index in [0.29, 0.717) is 19.5 Å². The maximum atomic E-state index is 13.2. The van der Waals surface area contributed by atoms with E-state index < -0.39 is 0 Å². The molecule has 1 unspecified atom stereocenters. The van der Waals surface area contributed by atoms with E-state index in [-0.39, 0.29) is 24.4 Å². The van der Waals surface area contributed by atoms with Gasteiger partial charge >= 0.3 is 0 Å². The zero-order valence-electron chi connectivity index (χ0n) is 16.4. The van der Waals surface area contributed by atoms with E-state index in [1.54, 1.807) is 16.2 Å². The van der Waals surface area contributed by atoms with Gasteiger partial charge in [-0.15, -0.1) is 11.3 Å². The number of rotatable bonds is 6. The van der Waals surface area contributed by atoms with Crippen molar-refractivity contribution >= 4 is 23.2 Å². The Balaban J connectivity index is 1.90. The summed E-state index contributed by atoms with van der Waals surface area (Å²) in [7, 11) is 0. The minimum absolute atomic E-state index is 0.0337. The molecule has 27 heavy (non-hydrogen) atoms. The van der Waals surface area contributed by atoms with Gasteiger partial charge in [0.05, 0.1) is 12.6 Å². The molecule has 0 spiro atoms. The van der Waals surface area contributed by atoms with Gasteiger partial charge in [0.1, 0.15) is 0 Å². The summed E-state index contributed by atoms with van der Waals surface area (Å²) in [6.45, 7) is 7.46. The molecule has 1 aromatic heterocycles. The highest BCUT2D eigenvalue weighted by molar-refractivity contribution is 7.10. The Bertz CT molecular complexity index is 814. The number of benzene rings is 1. The molecule has 1 aromatic carbocycles. The van der Waals surface area contributed by atoms with E-state index in [4.69, 9.17) is 0 Å². The predicted octanol–water partition coefficient (Wildman–Crippen LogP) is 4.18. The van der Waals surface area contributed by atoms with Gasteiger partial charge in [-0.05, 0) is 54.8 Å². The van der Waals surface area contributed by atoms with Crippen molar-refractivity contribution < 1.29 is 9.59 Å². The molecule has 1 atom stereocenters. The number of amides is 2. The number of fused-ring (bicyclic) bond motifs is 1. The molecule has 144 valence electrons. The molecular formula is C22H28N2O2S. The fourth-order valence-electron chi connectivity index (χ4n) is 3.82. The van der Waals surface area contributed by atoms with Crippen LogP contribution in [0, 0.1) is 6.92 Å². The molecular weight excluding hydrogens is 356 g/mol. The smallest absolute Gasteiger partial charge is 0.242 e. The van der Waals surface area contributed by atoms with Gasteiger partial charge < -0.3 is 9.80 Å². The number of aryl methyl sites for hydroxylation is 1. The van der Waals surface area contributed by atoms with Crippen LogP contribution in [0.2, 0.25) is 0 Å². The topological polar surface area (TPSA) is 40.6 Å². The highest BCUT2D eigenvalue weighted by Crippen LogP contribution is 2.38. The lowest BCUT2D eigenvalue weighted by atomic mass is 9.90. The number of carbonyl (C=O) groups excluding carboxylic acids is 2. The summed E-state index contributed by atoms with van der Waals surface area (Å²) in [5.41, 5.74) is 3.60. The summed E-state index contributed by atoms with van der Waals surface area (Å²) in [6, 6.07) is 10.4. The van der Waals surface area contributed by atoms with Crippen LogP contribution in [-0.2, 0) is 16.0 Å². The fourth-order valence-corrected chi connectivity index (χ4v) is 4.72. The molecule has 0 bridgehead atoms. The number of nitrogens with zero attached hydrogens (tertiary/aromatic N) is 2. The quantitative estimate of drug-likeness (QED) is 0.750. The summed E-state index contributed by atoms with van der Waals surface area (Å²) in [5, 5.41) is 2.12. The SMILES string of the molecule is CCCC(=O)N(CC)CC(=O)N1CCc2sccc2C1c1ccccc1C. The average Bonchev–Trinajstić information content (AvgIpc) is 3.14. The van der Waals surface area contributed by atoms with Crippen LogP contribution in [0.15, 0.2) is 35.7 Å². The van der Waals surface area contributed by atoms with E-state index in [9.17, 15) is 9.59 Å². The van der Waals surface area contributed by atoms with Crippen LogP contribution < -0.4 is 0 Å². The molecule has 4 nitrogen and oxygen atoms in total. The maximum absolute atomic E-state index is 13.2. The summed E-state index contributed by atoms with van der Waals surface area (Å²) >= 11 is 1.77. The normalized spacial score (nSPS) is 16.1. The molecule has 1 aliphatic heterocycles. The molecule has 2 amide bonds. The molecule has 1 aliphatic rings. The van der Waals surface area contributed by atoms with Gasteiger partial charge in [-0.3, -0.25) is 9.59 Å². The largest absolute Gasteiger partial charge is 0.334 e.